The molecule has 0 unspecified atom stereocenters. The second kappa shape index (κ2) is 19.2. The van der Waals surface area contributed by atoms with Gasteiger partial charge in [-0.05, 0) is 0 Å². The van der Waals surface area contributed by atoms with E-state index in [0.717, 1.165) is 0 Å². The first-order valence-corrected chi connectivity index (χ1v) is 26.4. The Morgan fingerprint density at radius 2 is 0.654 bits per heavy atom. The summed E-state index contributed by atoms with van der Waals surface area (Å²) >= 11 is -3.25. The van der Waals surface area contributed by atoms with Crippen LogP contribution in [0.3, 0.4) is 0 Å². The van der Waals surface area contributed by atoms with Gasteiger partial charge in [-0.1, -0.05) is 0 Å². The summed E-state index contributed by atoms with van der Waals surface area (Å²) in [5.41, 5.74) is 17.7. The molecule has 0 N–H and O–H groups in total. The van der Waals surface area contributed by atoms with Crippen molar-refractivity contribution in [1.82, 2.24) is 0 Å². The summed E-state index contributed by atoms with van der Waals surface area (Å²) in [4.78, 5) is 0. The second-order valence-electron chi connectivity index (χ2n) is 17.4. The average molecular weight is 868 g/mol. The van der Waals surface area contributed by atoms with Gasteiger partial charge in [0.2, 0.25) is 0 Å². The molecular weight excluding hydrogens is 796 g/mol. The van der Waals surface area contributed by atoms with E-state index in [0.29, 0.717) is 35.5 Å². The zero-order valence-electron chi connectivity index (χ0n) is 36.6. The van der Waals surface area contributed by atoms with E-state index in [1.807, 2.05) is 7.11 Å². The van der Waals surface area contributed by atoms with Gasteiger partial charge in [0.15, 0.2) is 0 Å². The van der Waals surface area contributed by atoms with Gasteiger partial charge in [0.25, 0.3) is 0 Å². The molecular formula is C49H72GeOSn. The molecule has 0 spiro atoms. The Balaban J connectivity index is 0.000000323. The summed E-state index contributed by atoms with van der Waals surface area (Å²) in [6.45, 7) is 41.6. The predicted molar refractivity (Wildman–Crippen MR) is 237 cm³/mol. The molecule has 0 amide bonds. The van der Waals surface area contributed by atoms with Gasteiger partial charge in [0, 0.05) is 0 Å². The Bertz CT molecular complexity index is 1590. The molecule has 0 atom stereocenters. The Hall–Kier alpha value is -1.82. The third kappa shape index (κ3) is 10.7. The first-order chi connectivity index (χ1) is 24.2. The van der Waals surface area contributed by atoms with E-state index in [2.05, 4.69) is 173 Å². The van der Waals surface area contributed by atoms with Gasteiger partial charge in [-0.15, -0.1) is 0 Å². The molecule has 0 heterocycles. The minimum atomic E-state index is -2.69. The van der Waals surface area contributed by atoms with Crippen LogP contribution in [0, 0.1) is 41.5 Å². The van der Waals surface area contributed by atoms with Crippen LogP contribution in [-0.4, -0.2) is 42.7 Å². The fourth-order valence-corrected chi connectivity index (χ4v) is 20.0. The quantitative estimate of drug-likeness (QED) is 0.137. The topological polar surface area (TPSA) is 9.23 Å². The fraction of sp³-hybridized carbons (Fsp3) is 0.510. The van der Waals surface area contributed by atoms with E-state index >= 15 is 0 Å². The van der Waals surface area contributed by atoms with Crippen molar-refractivity contribution in [2.45, 2.75) is 160 Å². The maximum atomic E-state index is 6.68. The van der Waals surface area contributed by atoms with Gasteiger partial charge in [0.05, 0.1) is 0 Å². The Kier molecular flexibility index (Phi) is 16.4. The molecule has 4 aromatic rings. The SMILES string of the molecule is C[O][Sn]([c]1c(C(C)C)cc(C(C)C)cc1C(C)C)[c]1c(C(C)C)cc(C(C)C)cc1C(C)C.Cc1cc(C)[c]([GeH][c]2c(C)cc(C)cc2C)c(C)c1. The molecule has 282 valence electrons. The van der Waals surface area contributed by atoms with Crippen molar-refractivity contribution in [2.24, 2.45) is 0 Å². The van der Waals surface area contributed by atoms with E-state index in [4.69, 9.17) is 3.07 Å². The first kappa shape index (κ1) is 44.6. The molecule has 0 aromatic heterocycles. The van der Waals surface area contributed by atoms with Crippen LogP contribution in [0.25, 0.3) is 0 Å². The van der Waals surface area contributed by atoms with Crippen molar-refractivity contribution in [3.63, 3.8) is 0 Å². The zero-order valence-corrected chi connectivity index (χ0v) is 41.8. The van der Waals surface area contributed by atoms with Crippen LogP contribution in [0.5, 0.6) is 0 Å². The third-order valence-electron chi connectivity index (χ3n) is 10.7. The van der Waals surface area contributed by atoms with Crippen molar-refractivity contribution >= 4 is 51.6 Å². The molecule has 0 saturated carbocycles. The summed E-state index contributed by atoms with van der Waals surface area (Å²) in [5.74, 6) is 3.02. The summed E-state index contributed by atoms with van der Waals surface area (Å²) in [6, 6.07) is 19.3. The van der Waals surface area contributed by atoms with Crippen LogP contribution in [0.15, 0.2) is 48.5 Å². The number of hydrogen-bond donors (Lipinski definition) is 0. The second-order valence-corrected chi connectivity index (χ2v) is 26.3. The summed E-state index contributed by atoms with van der Waals surface area (Å²) < 4.78 is 13.2. The molecule has 0 saturated heterocycles. The average Bonchev–Trinajstić information content (AvgIpc) is 3.03. The van der Waals surface area contributed by atoms with E-state index in [1.165, 1.54) is 66.8 Å². The summed E-state index contributed by atoms with van der Waals surface area (Å²) in [5, 5.41) is 0. The molecule has 1 nitrogen and oxygen atoms in total. The van der Waals surface area contributed by atoms with Gasteiger partial charge in [-0.3, -0.25) is 0 Å². The van der Waals surface area contributed by atoms with E-state index in [9.17, 15) is 0 Å². The van der Waals surface area contributed by atoms with Crippen LogP contribution in [-0.2, 0) is 3.07 Å². The van der Waals surface area contributed by atoms with Crippen LogP contribution in [0.2, 0.25) is 0 Å². The Labute approximate surface area is 334 Å². The van der Waals surface area contributed by atoms with Crippen molar-refractivity contribution in [2.75, 3.05) is 7.11 Å². The molecule has 3 heteroatoms. The van der Waals surface area contributed by atoms with Crippen LogP contribution in [0.4, 0.5) is 0 Å². The van der Waals surface area contributed by atoms with Crippen molar-refractivity contribution in [3.8, 4) is 0 Å². The molecule has 0 bridgehead atoms. The Morgan fingerprint density at radius 1 is 0.404 bits per heavy atom. The van der Waals surface area contributed by atoms with Crippen molar-refractivity contribution in [1.29, 1.82) is 0 Å². The molecule has 4 rings (SSSR count). The molecule has 52 heavy (non-hydrogen) atoms. The monoisotopic (exact) mass is 870 g/mol. The van der Waals surface area contributed by atoms with Gasteiger partial charge in [0.1, 0.15) is 0 Å². The number of hydrogen-bond acceptors (Lipinski definition) is 1. The van der Waals surface area contributed by atoms with E-state index in [-0.39, 0.29) is 0 Å². The van der Waals surface area contributed by atoms with E-state index < -0.39 is 35.6 Å². The minimum absolute atomic E-state index is 0.488. The third-order valence-corrected chi connectivity index (χ3v) is 22.8. The van der Waals surface area contributed by atoms with E-state index in [1.54, 1.807) is 16.0 Å². The van der Waals surface area contributed by atoms with Crippen LogP contribution < -0.4 is 16.0 Å². The van der Waals surface area contributed by atoms with Crippen molar-refractivity contribution in [3.05, 3.63) is 115 Å². The fourth-order valence-electron chi connectivity index (χ4n) is 7.75. The molecule has 0 fully saturated rings. The predicted octanol–water partition coefficient (Wildman–Crippen LogP) is 11.1. The molecule has 0 aliphatic heterocycles. The number of benzene rings is 4. The molecule has 0 aliphatic rings. The molecule has 0 aliphatic carbocycles. The summed E-state index contributed by atoms with van der Waals surface area (Å²) in [6.07, 6.45) is 0. The molecule has 2 radical (unpaired) electrons. The van der Waals surface area contributed by atoms with Gasteiger partial charge in [-0.2, -0.15) is 0 Å². The Morgan fingerprint density at radius 3 is 0.846 bits per heavy atom. The number of aryl methyl sites for hydroxylation is 6. The van der Waals surface area contributed by atoms with Crippen LogP contribution in [0.1, 0.15) is 185 Å². The number of rotatable bonds is 11. The maximum absolute atomic E-state index is 6.68. The standard InChI is InChI=1S/C18H23Ge.2C15H23.CH3O.Sn/c1-11-7-13(3)17(14(4)8-11)19-18-15(5)9-12(2)10-16(18)6;2*1-10(2)13-7-14(11(3)4)9-15(8-13)12(5)6;1-2;/h7-10,19H,1-6H3;2*7-8,10-12H,1-6H3;1H3;/q;;;-1;+1. The summed E-state index contributed by atoms with van der Waals surface area (Å²) in [7, 11) is 1.99. The first-order valence-electron chi connectivity index (χ1n) is 20.0. The molecule has 4 aromatic carbocycles. The van der Waals surface area contributed by atoms with Gasteiger partial charge < -0.3 is 0 Å². The van der Waals surface area contributed by atoms with Crippen molar-refractivity contribution < 1.29 is 3.07 Å². The zero-order chi connectivity index (χ0) is 39.4. The van der Waals surface area contributed by atoms with Crippen LogP contribution >= 0.6 is 0 Å². The van der Waals surface area contributed by atoms with Gasteiger partial charge in [-0.25, -0.2) is 0 Å². The van der Waals surface area contributed by atoms with Gasteiger partial charge >= 0.3 is 337 Å². The normalized spacial score (nSPS) is 12.0.